The quantitative estimate of drug-likeness (QED) is 0.873. The first-order valence-corrected chi connectivity index (χ1v) is 7.47. The van der Waals surface area contributed by atoms with Gasteiger partial charge in [-0.05, 0) is 32.4 Å². The average Bonchev–Trinajstić information content (AvgIpc) is 2.78. The smallest absolute Gasteiger partial charge is 0.277 e. The molecule has 0 fully saturated rings. The van der Waals surface area contributed by atoms with Gasteiger partial charge in [-0.25, -0.2) is 9.36 Å². The lowest BCUT2D eigenvalue weighted by Gasteiger charge is -2.16. The molecule has 0 N–H and O–H groups in total. The molecule has 0 aliphatic carbocycles. The summed E-state index contributed by atoms with van der Waals surface area (Å²) >= 11 is 0. The molecule has 1 aromatic heterocycles. The van der Waals surface area contributed by atoms with Crippen molar-refractivity contribution >= 4 is 22.3 Å². The van der Waals surface area contributed by atoms with Crippen LogP contribution in [0, 0.1) is 0 Å². The van der Waals surface area contributed by atoms with Crippen molar-refractivity contribution in [1.82, 2.24) is 9.36 Å². The van der Waals surface area contributed by atoms with E-state index >= 15 is 0 Å². The van der Waals surface area contributed by atoms with Crippen molar-refractivity contribution in [3.63, 3.8) is 0 Å². The highest BCUT2D eigenvalue weighted by Crippen LogP contribution is 2.32. The summed E-state index contributed by atoms with van der Waals surface area (Å²) in [4.78, 5) is 37.6. The Balaban J connectivity index is 2.48. The third kappa shape index (κ3) is 1.81. The van der Waals surface area contributed by atoms with Crippen LogP contribution >= 0.6 is 0 Å². The Labute approximate surface area is 127 Å². The summed E-state index contributed by atoms with van der Waals surface area (Å²) in [5, 5.41) is 0.797. The van der Waals surface area contributed by atoms with Crippen LogP contribution in [0.2, 0.25) is 0 Å². The molecule has 3 rings (SSSR count). The van der Waals surface area contributed by atoms with E-state index in [9.17, 15) is 14.4 Å². The molecule has 0 bridgehead atoms. The SMILES string of the molecule is CCCC1C(C(C)=O)=C(C)n2c(=O)c3ccccc3c(=O)n21. The second kappa shape index (κ2) is 5.09. The van der Waals surface area contributed by atoms with E-state index in [1.54, 1.807) is 31.2 Å². The number of allylic oxidation sites excluding steroid dienone is 2. The zero-order chi connectivity index (χ0) is 16.0. The summed E-state index contributed by atoms with van der Waals surface area (Å²) in [7, 11) is 0. The Morgan fingerprint density at radius 2 is 1.73 bits per heavy atom. The van der Waals surface area contributed by atoms with E-state index in [0.717, 1.165) is 6.42 Å². The van der Waals surface area contributed by atoms with Crippen molar-refractivity contribution in [3.8, 4) is 0 Å². The minimum atomic E-state index is -0.354. The standard InChI is InChI=1S/C17H18N2O3/c1-4-7-14-15(11(3)20)10(2)18-16(21)12-8-5-6-9-13(12)17(22)19(14)18/h5-6,8-9,14H,4,7H2,1-3H3. The lowest BCUT2D eigenvalue weighted by atomic mass is 9.99. The normalized spacial score (nSPS) is 17.1. The summed E-state index contributed by atoms with van der Waals surface area (Å²) in [6.07, 6.45) is 1.48. The third-order valence-corrected chi connectivity index (χ3v) is 4.28. The van der Waals surface area contributed by atoms with Gasteiger partial charge in [0.05, 0.1) is 22.5 Å². The van der Waals surface area contributed by atoms with Crippen LogP contribution in [0.25, 0.3) is 16.5 Å². The Morgan fingerprint density at radius 1 is 1.14 bits per heavy atom. The van der Waals surface area contributed by atoms with Gasteiger partial charge in [0.2, 0.25) is 0 Å². The van der Waals surface area contributed by atoms with Gasteiger partial charge in [-0.2, -0.15) is 0 Å². The van der Waals surface area contributed by atoms with E-state index < -0.39 is 0 Å². The van der Waals surface area contributed by atoms with Gasteiger partial charge < -0.3 is 0 Å². The van der Waals surface area contributed by atoms with Crippen LogP contribution in [0.5, 0.6) is 0 Å². The number of carbonyl (C=O) groups is 1. The van der Waals surface area contributed by atoms with Crippen LogP contribution in [0.1, 0.15) is 39.7 Å². The number of benzene rings is 1. The maximum Gasteiger partial charge on any atom is 0.277 e. The molecule has 0 saturated carbocycles. The molecule has 114 valence electrons. The summed E-state index contributed by atoms with van der Waals surface area (Å²) in [5.74, 6) is -0.0880. The topological polar surface area (TPSA) is 61.1 Å². The van der Waals surface area contributed by atoms with Crippen molar-refractivity contribution in [2.75, 3.05) is 0 Å². The van der Waals surface area contributed by atoms with Crippen molar-refractivity contribution in [2.24, 2.45) is 0 Å². The lowest BCUT2D eigenvalue weighted by Crippen LogP contribution is -2.36. The fourth-order valence-corrected chi connectivity index (χ4v) is 3.38. The largest absolute Gasteiger partial charge is 0.295 e. The Morgan fingerprint density at radius 3 is 2.27 bits per heavy atom. The number of carbonyl (C=O) groups excluding carboxylic acids is 1. The molecular weight excluding hydrogens is 280 g/mol. The van der Waals surface area contributed by atoms with Crippen LogP contribution in [-0.2, 0) is 4.79 Å². The molecule has 0 spiro atoms. The average molecular weight is 298 g/mol. The second-order valence-electron chi connectivity index (χ2n) is 5.67. The lowest BCUT2D eigenvalue weighted by molar-refractivity contribution is -0.113. The number of hydrogen-bond donors (Lipinski definition) is 0. The molecule has 0 amide bonds. The number of Topliss-reactive ketones (excluding diaryl/α,β-unsaturated/α-hetero) is 1. The van der Waals surface area contributed by atoms with E-state index in [2.05, 4.69) is 0 Å². The molecule has 2 heterocycles. The minimum Gasteiger partial charge on any atom is -0.295 e. The molecule has 5 nitrogen and oxygen atoms in total. The van der Waals surface area contributed by atoms with Gasteiger partial charge in [0, 0.05) is 5.57 Å². The zero-order valence-corrected chi connectivity index (χ0v) is 12.9. The van der Waals surface area contributed by atoms with Gasteiger partial charge >= 0.3 is 0 Å². The van der Waals surface area contributed by atoms with Gasteiger partial charge in [0.1, 0.15) is 0 Å². The fourth-order valence-electron chi connectivity index (χ4n) is 3.38. The monoisotopic (exact) mass is 298 g/mol. The third-order valence-electron chi connectivity index (χ3n) is 4.28. The number of rotatable bonds is 3. The minimum absolute atomic E-state index is 0.0880. The van der Waals surface area contributed by atoms with E-state index in [-0.39, 0.29) is 22.9 Å². The van der Waals surface area contributed by atoms with Crippen molar-refractivity contribution in [3.05, 3.63) is 50.5 Å². The van der Waals surface area contributed by atoms with E-state index in [1.807, 2.05) is 6.92 Å². The maximum absolute atomic E-state index is 12.8. The van der Waals surface area contributed by atoms with Gasteiger partial charge in [0.25, 0.3) is 11.1 Å². The Hall–Kier alpha value is -2.43. The van der Waals surface area contributed by atoms with Crippen LogP contribution < -0.4 is 11.1 Å². The van der Waals surface area contributed by atoms with Crippen molar-refractivity contribution in [1.29, 1.82) is 0 Å². The summed E-state index contributed by atoms with van der Waals surface area (Å²) in [5.41, 5.74) is 0.671. The summed E-state index contributed by atoms with van der Waals surface area (Å²) < 4.78 is 2.84. The number of hydrogen-bond acceptors (Lipinski definition) is 3. The van der Waals surface area contributed by atoms with Gasteiger partial charge in [-0.15, -0.1) is 0 Å². The number of fused-ring (bicyclic) bond motifs is 2. The Kier molecular flexibility index (Phi) is 3.35. The molecule has 1 unspecified atom stereocenters. The van der Waals surface area contributed by atoms with Gasteiger partial charge in [0.15, 0.2) is 5.78 Å². The predicted octanol–water partition coefficient (Wildman–Crippen LogP) is 2.34. The molecule has 1 aliphatic rings. The number of ketones is 1. The molecule has 1 aromatic carbocycles. The first kappa shape index (κ1) is 14.5. The number of aromatic nitrogens is 2. The van der Waals surface area contributed by atoms with Gasteiger partial charge in [-0.3, -0.25) is 14.4 Å². The van der Waals surface area contributed by atoms with Crippen molar-refractivity contribution in [2.45, 2.75) is 39.7 Å². The first-order chi connectivity index (χ1) is 10.5. The fraction of sp³-hybridized carbons (Fsp3) is 0.353. The zero-order valence-electron chi connectivity index (χ0n) is 12.9. The van der Waals surface area contributed by atoms with E-state index in [0.29, 0.717) is 28.5 Å². The molecule has 1 aliphatic heterocycles. The van der Waals surface area contributed by atoms with E-state index in [4.69, 9.17) is 0 Å². The molecule has 1 atom stereocenters. The number of nitrogens with zero attached hydrogens (tertiary/aromatic N) is 2. The predicted molar refractivity (Wildman–Crippen MR) is 86.0 cm³/mol. The molecule has 0 saturated heterocycles. The molecule has 22 heavy (non-hydrogen) atoms. The highest BCUT2D eigenvalue weighted by Gasteiger charge is 2.33. The van der Waals surface area contributed by atoms with Crippen LogP contribution in [0.4, 0.5) is 0 Å². The second-order valence-corrected chi connectivity index (χ2v) is 5.67. The molecule has 2 aromatic rings. The maximum atomic E-state index is 12.8. The molecule has 0 radical (unpaired) electrons. The highest BCUT2D eigenvalue weighted by molar-refractivity contribution is 6.00. The summed E-state index contributed by atoms with van der Waals surface area (Å²) in [6.45, 7) is 5.22. The van der Waals surface area contributed by atoms with Crippen LogP contribution in [-0.4, -0.2) is 15.1 Å². The van der Waals surface area contributed by atoms with E-state index in [1.165, 1.54) is 16.3 Å². The van der Waals surface area contributed by atoms with Gasteiger partial charge in [-0.1, -0.05) is 25.5 Å². The Bertz CT molecular complexity index is 931. The molecular formula is C17H18N2O3. The van der Waals surface area contributed by atoms with Crippen LogP contribution in [0.3, 0.4) is 0 Å². The van der Waals surface area contributed by atoms with Crippen molar-refractivity contribution < 1.29 is 4.79 Å². The highest BCUT2D eigenvalue weighted by atomic mass is 16.2. The summed E-state index contributed by atoms with van der Waals surface area (Å²) in [6, 6.07) is 6.45. The van der Waals surface area contributed by atoms with Crippen LogP contribution in [0.15, 0.2) is 39.4 Å². The first-order valence-electron chi connectivity index (χ1n) is 7.47. The molecule has 5 heteroatoms.